The SMILES string of the molecule is C=CC(=O)N[C@H]1CCC[C@H]1NC(=O)c1sc2nccc3c2c1NC(=O)N3c1cccc(-c2ccccn2)c1. The van der Waals surface area contributed by atoms with Crippen molar-refractivity contribution in [2.75, 3.05) is 10.2 Å². The van der Waals surface area contributed by atoms with Crippen molar-refractivity contribution >= 4 is 56.5 Å². The largest absolute Gasteiger partial charge is 0.348 e. The number of thiophene rings is 1. The number of hydrogen-bond acceptors (Lipinski definition) is 6. The number of carbonyl (C=O) groups excluding carboxylic acids is 3. The molecule has 0 bridgehead atoms. The molecule has 0 unspecified atom stereocenters. The Morgan fingerprint density at radius 3 is 2.68 bits per heavy atom. The number of amides is 4. The Balaban J connectivity index is 1.34. The minimum absolute atomic E-state index is 0.166. The molecule has 9 nitrogen and oxygen atoms in total. The highest BCUT2D eigenvalue weighted by Gasteiger charge is 2.35. The summed E-state index contributed by atoms with van der Waals surface area (Å²) in [6.45, 7) is 3.50. The number of nitrogens with zero attached hydrogens (tertiary/aromatic N) is 3. The Morgan fingerprint density at radius 2 is 1.89 bits per heavy atom. The number of benzene rings is 1. The molecule has 4 amide bonds. The smallest absolute Gasteiger partial charge is 0.331 e. The normalized spacial score (nSPS) is 18.2. The van der Waals surface area contributed by atoms with Gasteiger partial charge in [0.2, 0.25) is 5.91 Å². The molecule has 1 fully saturated rings. The molecule has 190 valence electrons. The molecule has 6 rings (SSSR count). The van der Waals surface area contributed by atoms with Crippen molar-refractivity contribution in [3.63, 3.8) is 0 Å². The molecule has 1 saturated carbocycles. The van der Waals surface area contributed by atoms with E-state index in [4.69, 9.17) is 0 Å². The summed E-state index contributed by atoms with van der Waals surface area (Å²) < 4.78 is 0. The molecule has 3 aromatic heterocycles. The Hall–Kier alpha value is -4.57. The topological polar surface area (TPSA) is 116 Å². The average Bonchev–Trinajstić information content (AvgIpc) is 3.54. The van der Waals surface area contributed by atoms with Crippen LogP contribution in [0.1, 0.15) is 28.9 Å². The standard InChI is InChI=1S/C28H24N6O3S/c1-2-22(35)31-19-10-6-11-20(19)32-26(36)25-24-23-21(12-14-30-27(23)38-25)34(28(37)33-24)17-8-5-7-16(15-17)18-9-3-4-13-29-18/h2-5,7-9,12-15,19-20H,1,6,10-11H2,(H,31,35)(H,32,36)(H,33,37)/t19-,20+/m0/s1. The van der Waals surface area contributed by atoms with E-state index in [2.05, 4.69) is 32.5 Å². The third-order valence-corrected chi connectivity index (χ3v) is 7.96. The molecule has 3 N–H and O–H groups in total. The summed E-state index contributed by atoms with van der Waals surface area (Å²) in [7, 11) is 0. The summed E-state index contributed by atoms with van der Waals surface area (Å²) in [6.07, 6.45) is 7.03. The Labute approximate surface area is 222 Å². The van der Waals surface area contributed by atoms with Crippen LogP contribution < -0.4 is 20.9 Å². The van der Waals surface area contributed by atoms with Crippen LogP contribution in [0, 0.1) is 0 Å². The van der Waals surface area contributed by atoms with Gasteiger partial charge in [-0.05, 0) is 55.7 Å². The fourth-order valence-corrected chi connectivity index (χ4v) is 6.14. The molecule has 1 aliphatic heterocycles. The molecule has 10 heteroatoms. The predicted octanol–water partition coefficient (Wildman–Crippen LogP) is 5.00. The van der Waals surface area contributed by atoms with E-state index < -0.39 is 0 Å². The predicted molar refractivity (Wildman–Crippen MR) is 148 cm³/mol. The van der Waals surface area contributed by atoms with Crippen LogP contribution in [0.15, 0.2) is 73.6 Å². The second kappa shape index (κ2) is 9.71. The van der Waals surface area contributed by atoms with Gasteiger partial charge < -0.3 is 16.0 Å². The van der Waals surface area contributed by atoms with Crippen LogP contribution in [-0.4, -0.2) is 39.9 Å². The summed E-state index contributed by atoms with van der Waals surface area (Å²) in [4.78, 5) is 50.2. The molecule has 0 saturated heterocycles. The third kappa shape index (κ3) is 4.18. The molecule has 4 aromatic rings. The number of rotatable bonds is 6. The fourth-order valence-electron chi connectivity index (χ4n) is 5.12. The van der Waals surface area contributed by atoms with Crippen molar-refractivity contribution in [2.45, 2.75) is 31.3 Å². The molecular weight excluding hydrogens is 500 g/mol. The van der Waals surface area contributed by atoms with Crippen molar-refractivity contribution in [2.24, 2.45) is 0 Å². The van der Waals surface area contributed by atoms with Gasteiger partial charge in [0.05, 0.1) is 28.1 Å². The van der Waals surface area contributed by atoms with Crippen molar-refractivity contribution in [3.05, 3.63) is 78.5 Å². The zero-order valence-electron chi connectivity index (χ0n) is 20.3. The Morgan fingerprint density at radius 1 is 1.05 bits per heavy atom. The minimum atomic E-state index is -0.368. The Kier molecular flexibility index (Phi) is 6.09. The number of urea groups is 1. The van der Waals surface area contributed by atoms with Gasteiger partial charge in [-0.2, -0.15) is 0 Å². The second-order valence-electron chi connectivity index (χ2n) is 9.18. The van der Waals surface area contributed by atoms with Crippen LogP contribution in [0.4, 0.5) is 21.9 Å². The zero-order chi connectivity index (χ0) is 26.2. The zero-order valence-corrected chi connectivity index (χ0v) is 21.1. The molecule has 2 atom stereocenters. The summed E-state index contributed by atoms with van der Waals surface area (Å²) in [5.41, 5.74) is 3.47. The lowest BCUT2D eigenvalue weighted by Gasteiger charge is -2.29. The maximum absolute atomic E-state index is 13.5. The first-order valence-electron chi connectivity index (χ1n) is 12.3. The van der Waals surface area contributed by atoms with Gasteiger partial charge in [-0.15, -0.1) is 11.3 Å². The monoisotopic (exact) mass is 524 g/mol. The first-order chi connectivity index (χ1) is 18.5. The first-order valence-corrected chi connectivity index (χ1v) is 13.1. The van der Waals surface area contributed by atoms with E-state index in [0.717, 1.165) is 30.5 Å². The lowest BCUT2D eigenvalue weighted by molar-refractivity contribution is -0.117. The van der Waals surface area contributed by atoms with E-state index >= 15 is 0 Å². The highest BCUT2D eigenvalue weighted by atomic mass is 32.1. The molecule has 1 aliphatic carbocycles. The van der Waals surface area contributed by atoms with Crippen LogP contribution in [0.25, 0.3) is 21.5 Å². The summed E-state index contributed by atoms with van der Waals surface area (Å²) >= 11 is 1.23. The lowest BCUT2D eigenvalue weighted by Crippen LogP contribution is -2.48. The molecule has 0 radical (unpaired) electrons. The lowest BCUT2D eigenvalue weighted by atomic mass is 10.1. The molecule has 2 aliphatic rings. The molecule has 0 spiro atoms. The van der Waals surface area contributed by atoms with Gasteiger partial charge >= 0.3 is 6.03 Å². The van der Waals surface area contributed by atoms with Crippen LogP contribution in [-0.2, 0) is 4.79 Å². The number of anilines is 3. The van der Waals surface area contributed by atoms with E-state index in [1.54, 1.807) is 23.4 Å². The summed E-state index contributed by atoms with van der Waals surface area (Å²) in [5, 5.41) is 9.61. The number of hydrogen-bond donors (Lipinski definition) is 3. The maximum Gasteiger partial charge on any atom is 0.331 e. The minimum Gasteiger partial charge on any atom is -0.348 e. The highest BCUT2D eigenvalue weighted by Crippen LogP contribution is 2.46. The van der Waals surface area contributed by atoms with Gasteiger partial charge in [-0.3, -0.25) is 19.5 Å². The van der Waals surface area contributed by atoms with Crippen molar-refractivity contribution in [3.8, 4) is 11.3 Å². The third-order valence-electron chi connectivity index (χ3n) is 6.86. The van der Waals surface area contributed by atoms with Gasteiger partial charge in [-0.25, -0.2) is 9.78 Å². The van der Waals surface area contributed by atoms with E-state index in [0.29, 0.717) is 32.2 Å². The summed E-state index contributed by atoms with van der Waals surface area (Å²) in [6, 6.07) is 14.3. The second-order valence-corrected chi connectivity index (χ2v) is 10.2. The van der Waals surface area contributed by atoms with Crippen molar-refractivity contribution < 1.29 is 14.4 Å². The van der Waals surface area contributed by atoms with Crippen molar-refractivity contribution in [1.82, 2.24) is 20.6 Å². The number of pyridine rings is 2. The highest BCUT2D eigenvalue weighted by molar-refractivity contribution is 7.21. The summed E-state index contributed by atoms with van der Waals surface area (Å²) in [5.74, 6) is -0.564. The molecular formula is C28H24N6O3S. The van der Waals surface area contributed by atoms with Crippen LogP contribution in [0.5, 0.6) is 0 Å². The van der Waals surface area contributed by atoms with Crippen LogP contribution >= 0.6 is 11.3 Å². The van der Waals surface area contributed by atoms with E-state index in [1.807, 2.05) is 42.5 Å². The van der Waals surface area contributed by atoms with Gasteiger partial charge in [-0.1, -0.05) is 24.8 Å². The maximum atomic E-state index is 13.5. The number of nitrogens with one attached hydrogen (secondary N) is 3. The van der Waals surface area contributed by atoms with E-state index in [9.17, 15) is 14.4 Å². The number of carbonyl (C=O) groups is 3. The van der Waals surface area contributed by atoms with Gasteiger partial charge in [0.1, 0.15) is 9.71 Å². The Bertz CT molecular complexity index is 1580. The van der Waals surface area contributed by atoms with E-state index in [1.165, 1.54) is 17.4 Å². The quantitative estimate of drug-likeness (QED) is 0.307. The molecule has 1 aromatic carbocycles. The first kappa shape index (κ1) is 23.8. The molecule has 38 heavy (non-hydrogen) atoms. The van der Waals surface area contributed by atoms with Gasteiger partial charge in [0.15, 0.2) is 0 Å². The number of aromatic nitrogens is 2. The average molecular weight is 525 g/mol. The van der Waals surface area contributed by atoms with Crippen molar-refractivity contribution in [1.29, 1.82) is 0 Å². The van der Waals surface area contributed by atoms with Gasteiger partial charge in [0, 0.05) is 30.0 Å². The van der Waals surface area contributed by atoms with E-state index in [-0.39, 0.29) is 29.9 Å². The van der Waals surface area contributed by atoms with Crippen LogP contribution in [0.3, 0.4) is 0 Å². The molecule has 4 heterocycles. The van der Waals surface area contributed by atoms with Crippen LogP contribution in [0.2, 0.25) is 0 Å². The fraction of sp³-hybridized carbons (Fsp3) is 0.179. The van der Waals surface area contributed by atoms with Gasteiger partial charge in [0.25, 0.3) is 5.91 Å².